The van der Waals surface area contributed by atoms with Crippen molar-refractivity contribution in [3.05, 3.63) is 69.7 Å². The number of rotatable bonds is 6. The van der Waals surface area contributed by atoms with Crippen molar-refractivity contribution in [2.24, 2.45) is 7.05 Å². The Balaban J connectivity index is 1.58. The van der Waals surface area contributed by atoms with Crippen molar-refractivity contribution in [1.82, 2.24) is 24.9 Å². The summed E-state index contributed by atoms with van der Waals surface area (Å²) in [6.45, 7) is 3.22. The summed E-state index contributed by atoms with van der Waals surface area (Å²) in [5, 5.41) is 13.4. The summed E-state index contributed by atoms with van der Waals surface area (Å²) >= 11 is 6.06. The molecule has 0 spiro atoms. The summed E-state index contributed by atoms with van der Waals surface area (Å²) < 4.78 is 7.35. The second-order valence-corrected chi connectivity index (χ2v) is 6.97. The van der Waals surface area contributed by atoms with E-state index in [1.807, 2.05) is 53.8 Å². The van der Waals surface area contributed by atoms with Crippen LogP contribution in [0.3, 0.4) is 0 Å². The molecule has 0 unspecified atom stereocenters. The molecule has 8 nitrogen and oxygen atoms in total. The summed E-state index contributed by atoms with van der Waals surface area (Å²) in [7, 11) is 1.87. The Morgan fingerprint density at radius 1 is 1.17 bits per heavy atom. The van der Waals surface area contributed by atoms with E-state index in [1.165, 1.54) is 6.07 Å². The molecule has 1 N–H and O–H groups in total. The van der Waals surface area contributed by atoms with Gasteiger partial charge in [-0.1, -0.05) is 28.9 Å². The van der Waals surface area contributed by atoms with Crippen LogP contribution >= 0.6 is 11.6 Å². The molecule has 0 amide bonds. The van der Waals surface area contributed by atoms with Gasteiger partial charge >= 0.3 is 0 Å². The van der Waals surface area contributed by atoms with Crippen molar-refractivity contribution >= 4 is 17.5 Å². The monoisotopic (exact) mass is 410 g/mol. The van der Waals surface area contributed by atoms with Crippen LogP contribution in [0.5, 0.6) is 0 Å². The molecule has 0 atom stereocenters. The zero-order valence-electron chi connectivity index (χ0n) is 16.0. The second kappa shape index (κ2) is 7.92. The molecule has 0 fully saturated rings. The number of halogens is 1. The van der Waals surface area contributed by atoms with E-state index in [0.29, 0.717) is 41.2 Å². The van der Waals surface area contributed by atoms with Gasteiger partial charge in [0, 0.05) is 48.1 Å². The molecular formula is C20H19ClN6O2. The number of aromatic amines is 1. The maximum atomic E-state index is 11.6. The van der Waals surface area contributed by atoms with Gasteiger partial charge in [-0.15, -0.1) is 10.2 Å². The van der Waals surface area contributed by atoms with Crippen molar-refractivity contribution in [1.29, 1.82) is 0 Å². The highest BCUT2D eigenvalue weighted by atomic mass is 35.5. The van der Waals surface area contributed by atoms with Crippen LogP contribution in [-0.4, -0.2) is 31.4 Å². The molecule has 0 bridgehead atoms. The minimum atomic E-state index is -0.185. The average Bonchev–Trinajstić information content (AvgIpc) is 3.33. The topological polar surface area (TPSA) is 92.8 Å². The summed E-state index contributed by atoms with van der Waals surface area (Å²) in [6, 6.07) is 12.6. The van der Waals surface area contributed by atoms with E-state index in [-0.39, 0.29) is 5.56 Å². The fourth-order valence-corrected chi connectivity index (χ4v) is 3.31. The molecule has 3 aromatic heterocycles. The number of nitrogens with one attached hydrogen (secondary N) is 1. The summed E-state index contributed by atoms with van der Waals surface area (Å²) in [6.07, 6.45) is 1.59. The van der Waals surface area contributed by atoms with Crippen LogP contribution in [0.1, 0.15) is 12.6 Å². The first-order valence-electron chi connectivity index (χ1n) is 9.10. The normalized spacial score (nSPS) is 11.0. The van der Waals surface area contributed by atoms with Crippen molar-refractivity contribution in [3.63, 3.8) is 0 Å². The molecule has 0 aliphatic rings. The standard InChI is InChI=1S/C20H19ClN6O2/c1-3-27(12-16-11-17(29-25-16)13-5-4-6-15(21)9-13)20-24-23-19(26(20)2)14-7-8-22-18(28)10-14/h4-11H,3,12H2,1-2H3,(H,22,28). The van der Waals surface area contributed by atoms with Crippen LogP contribution in [0, 0.1) is 0 Å². The molecule has 9 heteroatoms. The Bertz CT molecular complexity index is 1200. The molecule has 4 aromatic rings. The van der Waals surface area contributed by atoms with Crippen LogP contribution in [0.4, 0.5) is 5.95 Å². The van der Waals surface area contributed by atoms with Crippen molar-refractivity contribution < 1.29 is 4.52 Å². The molecule has 0 aliphatic carbocycles. The quantitative estimate of drug-likeness (QED) is 0.523. The van der Waals surface area contributed by atoms with Gasteiger partial charge in [0.25, 0.3) is 0 Å². The Morgan fingerprint density at radius 3 is 2.79 bits per heavy atom. The van der Waals surface area contributed by atoms with Gasteiger partial charge in [0.1, 0.15) is 5.69 Å². The molecule has 0 aliphatic heterocycles. The van der Waals surface area contributed by atoms with E-state index in [0.717, 1.165) is 11.3 Å². The van der Waals surface area contributed by atoms with Gasteiger partial charge in [0.2, 0.25) is 11.5 Å². The smallest absolute Gasteiger partial charge is 0.248 e. The lowest BCUT2D eigenvalue weighted by molar-refractivity contribution is 0.422. The third kappa shape index (κ3) is 3.93. The van der Waals surface area contributed by atoms with Crippen LogP contribution < -0.4 is 10.5 Å². The predicted molar refractivity (Wildman–Crippen MR) is 111 cm³/mol. The molecule has 4 rings (SSSR count). The Morgan fingerprint density at radius 2 is 2.03 bits per heavy atom. The molecule has 1 aromatic carbocycles. The van der Waals surface area contributed by atoms with E-state index >= 15 is 0 Å². The van der Waals surface area contributed by atoms with E-state index in [1.54, 1.807) is 12.3 Å². The van der Waals surface area contributed by atoms with Crippen molar-refractivity contribution in [3.8, 4) is 22.7 Å². The maximum Gasteiger partial charge on any atom is 0.248 e. The van der Waals surface area contributed by atoms with E-state index in [4.69, 9.17) is 16.1 Å². The first-order valence-corrected chi connectivity index (χ1v) is 9.48. The van der Waals surface area contributed by atoms with Gasteiger partial charge in [-0.2, -0.15) is 0 Å². The predicted octanol–water partition coefficient (Wildman–Crippen LogP) is 3.51. The fourth-order valence-electron chi connectivity index (χ4n) is 3.12. The Hall–Kier alpha value is -3.39. The zero-order chi connectivity index (χ0) is 20.4. The number of benzene rings is 1. The minimum absolute atomic E-state index is 0.185. The highest BCUT2D eigenvalue weighted by molar-refractivity contribution is 6.30. The molecule has 3 heterocycles. The lowest BCUT2D eigenvalue weighted by Gasteiger charge is -2.20. The first-order chi connectivity index (χ1) is 14.0. The maximum absolute atomic E-state index is 11.6. The number of hydrogen-bond donors (Lipinski definition) is 1. The molecule has 29 heavy (non-hydrogen) atoms. The minimum Gasteiger partial charge on any atom is -0.356 e. The average molecular weight is 411 g/mol. The molecular weight excluding hydrogens is 392 g/mol. The van der Waals surface area contributed by atoms with Gasteiger partial charge in [-0.25, -0.2) is 0 Å². The van der Waals surface area contributed by atoms with Gasteiger partial charge < -0.3 is 14.4 Å². The van der Waals surface area contributed by atoms with Crippen LogP contribution in [0.25, 0.3) is 22.7 Å². The van der Waals surface area contributed by atoms with Crippen LogP contribution in [0.15, 0.2) is 58.0 Å². The SMILES string of the molecule is CCN(Cc1cc(-c2cccc(Cl)c2)on1)c1nnc(-c2cc[nH]c(=O)c2)n1C. The van der Waals surface area contributed by atoms with E-state index in [9.17, 15) is 4.79 Å². The number of anilines is 1. The molecule has 0 saturated carbocycles. The van der Waals surface area contributed by atoms with Crippen molar-refractivity contribution in [2.75, 3.05) is 11.4 Å². The third-order valence-electron chi connectivity index (χ3n) is 4.57. The number of aromatic nitrogens is 5. The highest BCUT2D eigenvalue weighted by Gasteiger charge is 2.18. The second-order valence-electron chi connectivity index (χ2n) is 6.53. The first kappa shape index (κ1) is 18.9. The Labute approximate surface area is 171 Å². The lowest BCUT2D eigenvalue weighted by Crippen LogP contribution is -2.25. The molecule has 148 valence electrons. The molecule has 0 radical (unpaired) electrons. The summed E-state index contributed by atoms with van der Waals surface area (Å²) in [5.41, 5.74) is 2.16. The molecule has 0 saturated heterocycles. The largest absolute Gasteiger partial charge is 0.356 e. The zero-order valence-corrected chi connectivity index (χ0v) is 16.7. The van der Waals surface area contributed by atoms with Crippen molar-refractivity contribution in [2.45, 2.75) is 13.5 Å². The number of H-pyrrole nitrogens is 1. The van der Waals surface area contributed by atoms with Crippen LogP contribution in [0.2, 0.25) is 5.02 Å². The Kier molecular flexibility index (Phi) is 5.18. The lowest BCUT2D eigenvalue weighted by atomic mass is 10.1. The van der Waals surface area contributed by atoms with Gasteiger partial charge in [0.05, 0.1) is 6.54 Å². The van der Waals surface area contributed by atoms with E-state index < -0.39 is 0 Å². The number of pyridine rings is 1. The van der Waals surface area contributed by atoms with Gasteiger partial charge in [0.15, 0.2) is 11.6 Å². The highest BCUT2D eigenvalue weighted by Crippen LogP contribution is 2.25. The van der Waals surface area contributed by atoms with Gasteiger partial charge in [-0.05, 0) is 25.1 Å². The van der Waals surface area contributed by atoms with E-state index in [2.05, 4.69) is 20.3 Å². The van der Waals surface area contributed by atoms with Gasteiger partial charge in [-0.3, -0.25) is 9.36 Å². The summed E-state index contributed by atoms with van der Waals surface area (Å²) in [5.74, 6) is 1.94. The summed E-state index contributed by atoms with van der Waals surface area (Å²) in [4.78, 5) is 16.2. The third-order valence-corrected chi connectivity index (χ3v) is 4.81. The fraction of sp³-hybridized carbons (Fsp3) is 0.200. The van der Waals surface area contributed by atoms with Crippen LogP contribution in [-0.2, 0) is 13.6 Å². The number of nitrogens with zero attached hydrogens (tertiary/aromatic N) is 5. The number of hydrogen-bond acceptors (Lipinski definition) is 6.